The largest absolute Gasteiger partial charge is 0.269 e. The van der Waals surface area contributed by atoms with Crippen molar-refractivity contribution in [2.75, 3.05) is 6.54 Å². The molecule has 1 aromatic carbocycles. The maximum atomic E-state index is 11.8. The SMILES string of the molecule is C#CCCCCNS(=O)(=O)c1ccc([N+](=O)[O-])cc1. The van der Waals surface area contributed by atoms with Crippen molar-refractivity contribution in [3.05, 3.63) is 34.4 Å². The van der Waals surface area contributed by atoms with Gasteiger partial charge >= 0.3 is 0 Å². The van der Waals surface area contributed by atoms with Gasteiger partial charge in [-0.15, -0.1) is 12.3 Å². The van der Waals surface area contributed by atoms with E-state index in [1.165, 1.54) is 12.1 Å². The average Bonchev–Trinajstić information content (AvgIpc) is 2.38. The number of hydrogen-bond acceptors (Lipinski definition) is 4. The number of terminal acetylenes is 1. The fraction of sp³-hybridized carbons (Fsp3) is 0.333. The minimum absolute atomic E-state index is 0.00931. The van der Waals surface area contributed by atoms with Crippen LogP contribution in [0.15, 0.2) is 29.2 Å². The number of unbranched alkanes of at least 4 members (excludes halogenated alkanes) is 2. The van der Waals surface area contributed by atoms with E-state index in [9.17, 15) is 18.5 Å². The van der Waals surface area contributed by atoms with E-state index in [4.69, 9.17) is 6.42 Å². The molecular formula is C12H14N2O4S. The summed E-state index contributed by atoms with van der Waals surface area (Å²) in [7, 11) is -3.61. The summed E-state index contributed by atoms with van der Waals surface area (Å²) in [6, 6.07) is 4.74. The van der Waals surface area contributed by atoms with Gasteiger partial charge in [-0.25, -0.2) is 13.1 Å². The molecule has 0 amide bonds. The van der Waals surface area contributed by atoms with Gasteiger partial charge in [-0.05, 0) is 25.0 Å². The predicted octanol–water partition coefficient (Wildman–Crippen LogP) is 1.68. The molecule has 102 valence electrons. The van der Waals surface area contributed by atoms with Gasteiger partial charge in [0.25, 0.3) is 5.69 Å². The summed E-state index contributed by atoms with van der Waals surface area (Å²) in [4.78, 5) is 9.89. The van der Waals surface area contributed by atoms with Gasteiger partial charge in [0, 0.05) is 25.1 Å². The van der Waals surface area contributed by atoms with Crippen molar-refractivity contribution in [3.8, 4) is 12.3 Å². The highest BCUT2D eigenvalue weighted by Crippen LogP contribution is 2.15. The van der Waals surface area contributed by atoms with Gasteiger partial charge in [0.2, 0.25) is 10.0 Å². The number of nitro groups is 1. The highest BCUT2D eigenvalue weighted by Gasteiger charge is 2.14. The molecule has 0 fully saturated rings. The molecule has 1 rings (SSSR count). The van der Waals surface area contributed by atoms with Crippen LogP contribution in [0.1, 0.15) is 19.3 Å². The van der Waals surface area contributed by atoms with Gasteiger partial charge in [0.1, 0.15) is 0 Å². The number of benzene rings is 1. The molecular weight excluding hydrogens is 268 g/mol. The van der Waals surface area contributed by atoms with Crippen molar-refractivity contribution >= 4 is 15.7 Å². The summed E-state index contributed by atoms with van der Waals surface area (Å²) < 4.78 is 26.1. The number of non-ortho nitro benzene ring substituents is 1. The second-order valence-electron chi connectivity index (χ2n) is 3.81. The van der Waals surface area contributed by atoms with Crippen LogP contribution in [-0.2, 0) is 10.0 Å². The Labute approximate surface area is 112 Å². The van der Waals surface area contributed by atoms with E-state index in [1.54, 1.807) is 0 Å². The van der Waals surface area contributed by atoms with Gasteiger partial charge in [0.15, 0.2) is 0 Å². The fourth-order valence-electron chi connectivity index (χ4n) is 1.39. The van der Waals surface area contributed by atoms with Crippen molar-refractivity contribution in [1.82, 2.24) is 4.72 Å². The first-order chi connectivity index (χ1) is 8.97. The third-order valence-corrected chi connectivity index (χ3v) is 3.87. The number of rotatable bonds is 7. The minimum Gasteiger partial charge on any atom is -0.258 e. The molecule has 0 spiro atoms. The standard InChI is InChI=1S/C12H14N2O4S/c1-2-3-4-5-10-13-19(17,18)12-8-6-11(7-9-12)14(15)16/h1,6-9,13H,3-5,10H2. The fourth-order valence-corrected chi connectivity index (χ4v) is 2.46. The molecule has 0 atom stereocenters. The van der Waals surface area contributed by atoms with E-state index < -0.39 is 14.9 Å². The van der Waals surface area contributed by atoms with Crippen LogP contribution >= 0.6 is 0 Å². The molecule has 19 heavy (non-hydrogen) atoms. The number of nitro benzene ring substituents is 1. The predicted molar refractivity (Wildman–Crippen MR) is 71.0 cm³/mol. The maximum absolute atomic E-state index is 11.8. The molecule has 1 aromatic rings. The molecule has 0 radical (unpaired) electrons. The molecule has 0 aliphatic rings. The number of nitrogens with zero attached hydrogens (tertiary/aromatic N) is 1. The van der Waals surface area contributed by atoms with Crippen LogP contribution in [0.25, 0.3) is 0 Å². The quantitative estimate of drug-likeness (QED) is 0.356. The smallest absolute Gasteiger partial charge is 0.258 e. The second kappa shape index (κ2) is 6.87. The molecule has 0 aromatic heterocycles. The van der Waals surface area contributed by atoms with Gasteiger partial charge in [-0.3, -0.25) is 10.1 Å². The van der Waals surface area contributed by atoms with Gasteiger partial charge in [0.05, 0.1) is 9.82 Å². The van der Waals surface area contributed by atoms with E-state index in [2.05, 4.69) is 10.6 Å². The molecule has 0 saturated heterocycles. The van der Waals surface area contributed by atoms with Crippen molar-refractivity contribution in [2.24, 2.45) is 0 Å². The van der Waals surface area contributed by atoms with Crippen molar-refractivity contribution < 1.29 is 13.3 Å². The first-order valence-corrected chi connectivity index (χ1v) is 7.13. The Bertz CT molecular complexity index is 573. The van der Waals surface area contributed by atoms with Crippen molar-refractivity contribution in [3.63, 3.8) is 0 Å². The van der Waals surface area contributed by atoms with Crippen LogP contribution < -0.4 is 4.72 Å². The molecule has 0 bridgehead atoms. The third-order valence-electron chi connectivity index (χ3n) is 2.40. The molecule has 0 aliphatic carbocycles. The van der Waals surface area contributed by atoms with E-state index in [1.807, 2.05) is 0 Å². The highest BCUT2D eigenvalue weighted by atomic mass is 32.2. The van der Waals surface area contributed by atoms with Gasteiger partial charge < -0.3 is 0 Å². The molecule has 0 heterocycles. The van der Waals surface area contributed by atoms with Crippen molar-refractivity contribution in [1.29, 1.82) is 0 Å². The van der Waals surface area contributed by atoms with Crippen LogP contribution in [0.4, 0.5) is 5.69 Å². The lowest BCUT2D eigenvalue weighted by molar-refractivity contribution is -0.384. The second-order valence-corrected chi connectivity index (χ2v) is 5.58. The summed E-state index contributed by atoms with van der Waals surface area (Å²) in [6.45, 7) is 0.293. The molecule has 0 saturated carbocycles. The molecule has 1 N–H and O–H groups in total. The van der Waals surface area contributed by atoms with E-state index in [-0.39, 0.29) is 10.6 Å². The minimum atomic E-state index is -3.61. The van der Waals surface area contributed by atoms with Gasteiger partial charge in [-0.2, -0.15) is 0 Å². The first-order valence-electron chi connectivity index (χ1n) is 5.65. The van der Waals surface area contributed by atoms with Crippen molar-refractivity contribution in [2.45, 2.75) is 24.2 Å². The van der Waals surface area contributed by atoms with Crippen LogP contribution in [0.2, 0.25) is 0 Å². The zero-order valence-electron chi connectivity index (χ0n) is 10.2. The Hall–Kier alpha value is -1.91. The molecule has 6 nitrogen and oxygen atoms in total. The molecule has 0 unspecified atom stereocenters. The number of nitrogens with one attached hydrogen (secondary N) is 1. The number of sulfonamides is 1. The summed E-state index contributed by atoms with van der Waals surface area (Å²) in [6.07, 6.45) is 7.09. The van der Waals surface area contributed by atoms with Gasteiger partial charge in [-0.1, -0.05) is 0 Å². The van der Waals surface area contributed by atoms with Crippen LogP contribution in [0, 0.1) is 22.5 Å². The third kappa shape index (κ3) is 4.69. The summed E-state index contributed by atoms with van der Waals surface area (Å²) >= 11 is 0. The summed E-state index contributed by atoms with van der Waals surface area (Å²) in [5, 5.41) is 10.5. The van der Waals surface area contributed by atoms with Crippen LogP contribution in [-0.4, -0.2) is 19.9 Å². The molecule has 7 heteroatoms. The highest BCUT2D eigenvalue weighted by molar-refractivity contribution is 7.89. The van der Waals surface area contributed by atoms with Crippen LogP contribution in [0.5, 0.6) is 0 Å². The van der Waals surface area contributed by atoms with Crippen LogP contribution in [0.3, 0.4) is 0 Å². The summed E-state index contributed by atoms with van der Waals surface area (Å²) in [5.41, 5.74) is -0.145. The Balaban J connectivity index is 2.62. The lowest BCUT2D eigenvalue weighted by Crippen LogP contribution is -2.24. The molecule has 0 aliphatic heterocycles. The first kappa shape index (κ1) is 15.1. The lowest BCUT2D eigenvalue weighted by Gasteiger charge is -2.05. The zero-order valence-corrected chi connectivity index (χ0v) is 11.0. The van der Waals surface area contributed by atoms with E-state index >= 15 is 0 Å². The Morgan fingerprint density at radius 1 is 1.26 bits per heavy atom. The Morgan fingerprint density at radius 2 is 1.89 bits per heavy atom. The monoisotopic (exact) mass is 282 g/mol. The zero-order chi connectivity index (χ0) is 14.3. The lowest BCUT2D eigenvalue weighted by atomic mass is 10.2. The Morgan fingerprint density at radius 3 is 2.42 bits per heavy atom. The average molecular weight is 282 g/mol. The maximum Gasteiger partial charge on any atom is 0.269 e. The normalized spacial score (nSPS) is 10.9. The topological polar surface area (TPSA) is 89.3 Å². The Kier molecular flexibility index (Phi) is 5.48. The van der Waals surface area contributed by atoms with E-state index in [0.717, 1.165) is 18.6 Å². The summed E-state index contributed by atoms with van der Waals surface area (Å²) in [5.74, 6) is 2.47. The van der Waals surface area contributed by atoms with E-state index in [0.29, 0.717) is 19.4 Å². The number of hydrogen-bond donors (Lipinski definition) is 1.